The highest BCUT2D eigenvalue weighted by Crippen LogP contribution is 2.16. The monoisotopic (exact) mass is 218 g/mol. The average Bonchev–Trinajstić information content (AvgIpc) is 2.06. The summed E-state index contributed by atoms with van der Waals surface area (Å²) in [5, 5.41) is 3.46. The molecule has 0 amide bonds. The summed E-state index contributed by atoms with van der Waals surface area (Å²) >= 11 is 11.1. The molecule has 0 radical (unpaired) electrons. The van der Waals surface area contributed by atoms with E-state index in [2.05, 4.69) is 21.9 Å². The molecule has 0 saturated heterocycles. The molecule has 0 atom stereocenters. The van der Waals surface area contributed by atoms with Gasteiger partial charge in [-0.2, -0.15) is 4.98 Å². The van der Waals surface area contributed by atoms with E-state index in [1.54, 1.807) is 0 Å². The minimum absolute atomic E-state index is 0.136. The molecule has 1 rings (SSSR count). The Bertz CT molecular complexity index is 326. The predicted octanol–water partition coefficient (Wildman–Crippen LogP) is 1.88. The van der Waals surface area contributed by atoms with Crippen molar-refractivity contribution in [2.75, 3.05) is 17.6 Å². The second-order valence-electron chi connectivity index (χ2n) is 2.31. The zero-order chi connectivity index (χ0) is 9.84. The van der Waals surface area contributed by atoms with Gasteiger partial charge in [0.25, 0.3) is 0 Å². The number of nitrogen functional groups attached to an aromatic ring is 1. The van der Waals surface area contributed by atoms with Gasteiger partial charge >= 0.3 is 0 Å². The molecule has 0 bridgehead atoms. The van der Waals surface area contributed by atoms with Crippen LogP contribution >= 0.6 is 23.2 Å². The van der Waals surface area contributed by atoms with Crippen LogP contribution < -0.4 is 11.1 Å². The zero-order valence-electron chi connectivity index (χ0n) is 6.72. The van der Waals surface area contributed by atoms with Gasteiger partial charge in [0.05, 0.1) is 18.4 Å². The first-order valence-electron chi connectivity index (χ1n) is 3.44. The van der Waals surface area contributed by atoms with E-state index >= 15 is 0 Å². The van der Waals surface area contributed by atoms with Gasteiger partial charge in [-0.25, -0.2) is 4.98 Å². The molecule has 3 N–H and O–H groups in total. The van der Waals surface area contributed by atoms with Crippen molar-refractivity contribution < 1.29 is 0 Å². The van der Waals surface area contributed by atoms with E-state index < -0.39 is 0 Å². The van der Waals surface area contributed by atoms with E-state index in [9.17, 15) is 0 Å². The third-order valence-electron chi connectivity index (χ3n) is 1.24. The quantitative estimate of drug-likeness (QED) is 0.761. The lowest BCUT2D eigenvalue weighted by atomic mass is 10.4. The summed E-state index contributed by atoms with van der Waals surface area (Å²) in [5.74, 6) is 0.460. The van der Waals surface area contributed by atoms with Crippen LogP contribution in [0.15, 0.2) is 17.8 Å². The Labute approximate surface area is 85.8 Å². The van der Waals surface area contributed by atoms with E-state index in [1.807, 2.05) is 0 Å². The lowest BCUT2D eigenvalue weighted by Gasteiger charge is -2.06. The van der Waals surface area contributed by atoms with Crippen molar-refractivity contribution in [1.29, 1.82) is 0 Å². The predicted molar refractivity (Wildman–Crippen MR) is 54.9 cm³/mol. The van der Waals surface area contributed by atoms with E-state index in [-0.39, 0.29) is 5.28 Å². The molecule has 0 aliphatic carbocycles. The van der Waals surface area contributed by atoms with Gasteiger partial charge in [-0.1, -0.05) is 18.2 Å². The molecule has 0 saturated carbocycles. The Balaban J connectivity index is 2.75. The van der Waals surface area contributed by atoms with E-state index in [0.717, 1.165) is 0 Å². The maximum atomic E-state index is 5.56. The molecule has 4 nitrogen and oxygen atoms in total. The number of nitrogens with one attached hydrogen (secondary N) is 1. The fraction of sp³-hybridized carbons (Fsp3) is 0.143. The van der Waals surface area contributed by atoms with Gasteiger partial charge in [-0.3, -0.25) is 0 Å². The Morgan fingerprint density at radius 1 is 1.69 bits per heavy atom. The SMILES string of the molecule is C=C(Cl)CNc1nc(Cl)ncc1N. The maximum absolute atomic E-state index is 5.56. The number of halogens is 2. The molecule has 1 aromatic rings. The summed E-state index contributed by atoms with van der Waals surface area (Å²) in [4.78, 5) is 7.56. The molecule has 13 heavy (non-hydrogen) atoms. The van der Waals surface area contributed by atoms with Crippen LogP contribution in [0, 0.1) is 0 Å². The molecule has 1 aromatic heterocycles. The first-order valence-corrected chi connectivity index (χ1v) is 4.20. The van der Waals surface area contributed by atoms with Gasteiger partial charge < -0.3 is 11.1 Å². The Morgan fingerprint density at radius 2 is 2.38 bits per heavy atom. The maximum Gasteiger partial charge on any atom is 0.224 e. The van der Waals surface area contributed by atoms with Gasteiger partial charge in [0.15, 0.2) is 5.82 Å². The number of aromatic nitrogens is 2. The molecule has 0 unspecified atom stereocenters. The number of anilines is 2. The highest BCUT2D eigenvalue weighted by Gasteiger charge is 2.01. The Kier molecular flexibility index (Phi) is 3.33. The topological polar surface area (TPSA) is 63.8 Å². The fourth-order valence-electron chi connectivity index (χ4n) is 0.691. The van der Waals surface area contributed by atoms with Crippen LogP contribution in [-0.4, -0.2) is 16.5 Å². The Hall–Kier alpha value is -1.00. The lowest BCUT2D eigenvalue weighted by Crippen LogP contribution is -2.06. The molecule has 6 heteroatoms. The van der Waals surface area contributed by atoms with Crippen LogP contribution in [0.4, 0.5) is 11.5 Å². The number of hydrogen-bond acceptors (Lipinski definition) is 4. The minimum Gasteiger partial charge on any atom is -0.394 e. The molecule has 70 valence electrons. The number of nitrogens with two attached hydrogens (primary N) is 1. The van der Waals surface area contributed by atoms with E-state index in [1.165, 1.54) is 6.20 Å². The summed E-state index contributed by atoms with van der Waals surface area (Å²) in [6.07, 6.45) is 1.43. The van der Waals surface area contributed by atoms with Crippen LogP contribution in [0.25, 0.3) is 0 Å². The summed E-state index contributed by atoms with van der Waals surface area (Å²) in [6, 6.07) is 0. The molecule has 0 spiro atoms. The first kappa shape index (κ1) is 10.1. The molecular weight excluding hydrogens is 211 g/mol. The molecule has 0 aliphatic heterocycles. The normalized spacial score (nSPS) is 9.69. The van der Waals surface area contributed by atoms with E-state index in [0.29, 0.717) is 23.1 Å². The second-order valence-corrected chi connectivity index (χ2v) is 3.19. The fourth-order valence-corrected chi connectivity index (χ4v) is 0.891. The lowest BCUT2D eigenvalue weighted by molar-refractivity contribution is 1.14. The Morgan fingerprint density at radius 3 is 3.00 bits per heavy atom. The van der Waals surface area contributed by atoms with Crippen molar-refractivity contribution >= 4 is 34.7 Å². The van der Waals surface area contributed by atoms with Gasteiger partial charge in [-0.05, 0) is 11.6 Å². The third-order valence-corrected chi connectivity index (χ3v) is 1.55. The molecule has 0 fully saturated rings. The molecule has 0 aliphatic rings. The van der Waals surface area contributed by atoms with Gasteiger partial charge in [0, 0.05) is 5.03 Å². The molecular formula is C7H8Cl2N4. The zero-order valence-corrected chi connectivity index (χ0v) is 8.23. The minimum atomic E-state index is 0.136. The summed E-state index contributed by atoms with van der Waals surface area (Å²) in [5.41, 5.74) is 5.98. The molecule has 1 heterocycles. The van der Waals surface area contributed by atoms with Gasteiger partial charge in [-0.15, -0.1) is 0 Å². The van der Waals surface area contributed by atoms with Crippen molar-refractivity contribution in [3.8, 4) is 0 Å². The van der Waals surface area contributed by atoms with Crippen molar-refractivity contribution in [3.63, 3.8) is 0 Å². The second kappa shape index (κ2) is 4.30. The average molecular weight is 219 g/mol. The largest absolute Gasteiger partial charge is 0.394 e. The van der Waals surface area contributed by atoms with Crippen molar-refractivity contribution in [3.05, 3.63) is 23.1 Å². The molecule has 0 aromatic carbocycles. The smallest absolute Gasteiger partial charge is 0.224 e. The van der Waals surface area contributed by atoms with Gasteiger partial charge in [0.1, 0.15) is 0 Å². The summed E-state index contributed by atoms with van der Waals surface area (Å²) < 4.78 is 0. The van der Waals surface area contributed by atoms with Crippen LogP contribution in [0.1, 0.15) is 0 Å². The van der Waals surface area contributed by atoms with E-state index in [4.69, 9.17) is 28.9 Å². The van der Waals surface area contributed by atoms with Crippen molar-refractivity contribution in [1.82, 2.24) is 9.97 Å². The van der Waals surface area contributed by atoms with Crippen molar-refractivity contribution in [2.24, 2.45) is 0 Å². The first-order chi connectivity index (χ1) is 6.09. The van der Waals surface area contributed by atoms with Crippen LogP contribution in [-0.2, 0) is 0 Å². The standard InChI is InChI=1S/C7H8Cl2N4/c1-4(8)2-11-6-5(10)3-12-7(9)13-6/h3H,1-2,10H2,(H,11,12,13). The van der Waals surface area contributed by atoms with Crippen LogP contribution in [0.2, 0.25) is 5.28 Å². The van der Waals surface area contributed by atoms with Gasteiger partial charge in [0.2, 0.25) is 5.28 Å². The number of hydrogen-bond donors (Lipinski definition) is 2. The number of rotatable bonds is 3. The highest BCUT2D eigenvalue weighted by atomic mass is 35.5. The summed E-state index contributed by atoms with van der Waals surface area (Å²) in [7, 11) is 0. The highest BCUT2D eigenvalue weighted by molar-refractivity contribution is 6.29. The summed E-state index contributed by atoms with van der Waals surface area (Å²) in [6.45, 7) is 3.90. The van der Waals surface area contributed by atoms with Crippen LogP contribution in [0.5, 0.6) is 0 Å². The van der Waals surface area contributed by atoms with Crippen molar-refractivity contribution in [2.45, 2.75) is 0 Å². The third kappa shape index (κ3) is 3.08. The van der Waals surface area contributed by atoms with Crippen LogP contribution in [0.3, 0.4) is 0 Å². The number of nitrogens with zero attached hydrogens (tertiary/aromatic N) is 2.